The van der Waals surface area contributed by atoms with Gasteiger partial charge in [0.15, 0.2) is 0 Å². The molecule has 0 aromatic carbocycles. The molecule has 2 aliphatic heterocycles. The highest BCUT2D eigenvalue weighted by molar-refractivity contribution is 5.70. The maximum Gasteiger partial charge on any atom is 0.410 e. The summed E-state index contributed by atoms with van der Waals surface area (Å²) in [5, 5.41) is 0. The molecule has 2 unspecified atom stereocenters. The van der Waals surface area contributed by atoms with E-state index in [2.05, 4.69) is 0 Å². The first-order chi connectivity index (χ1) is 8.40. The van der Waals surface area contributed by atoms with E-state index >= 15 is 0 Å². The molecule has 2 saturated heterocycles. The number of amides is 1. The summed E-state index contributed by atoms with van der Waals surface area (Å²) in [4.78, 5) is 25.1. The zero-order valence-electron chi connectivity index (χ0n) is 11.5. The number of rotatable bonds is 1. The van der Waals surface area contributed by atoms with Crippen molar-refractivity contribution in [2.75, 3.05) is 0 Å². The molecule has 18 heavy (non-hydrogen) atoms. The molecular formula is C14H23NO3. The largest absolute Gasteiger partial charge is 0.444 e. The Balaban J connectivity index is 2.08. The van der Waals surface area contributed by atoms with Crippen molar-refractivity contribution in [3.8, 4) is 0 Å². The lowest BCUT2D eigenvalue weighted by Gasteiger charge is -2.47. The maximum absolute atomic E-state index is 12.2. The van der Waals surface area contributed by atoms with Gasteiger partial charge in [0.2, 0.25) is 0 Å². The van der Waals surface area contributed by atoms with Gasteiger partial charge in [0.1, 0.15) is 11.9 Å². The molecule has 0 radical (unpaired) electrons. The molecule has 4 heteroatoms. The molecule has 0 aromatic heterocycles. The Bertz CT molecular complexity index is 320. The lowest BCUT2D eigenvalue weighted by Crippen LogP contribution is -2.56. The molecule has 2 aliphatic rings. The predicted octanol–water partition coefficient (Wildman–Crippen LogP) is 2.75. The standard InChI is InChI=1S/C14H23NO3/c1-14(2,3)18-13(17)15-11-5-4-6-12(15)8-10(7-11)9-16/h9-12H,4-8H2,1-3H3. The van der Waals surface area contributed by atoms with Crippen molar-refractivity contribution < 1.29 is 14.3 Å². The van der Waals surface area contributed by atoms with Crippen LogP contribution in [0.15, 0.2) is 0 Å². The second kappa shape index (κ2) is 4.90. The summed E-state index contributed by atoms with van der Waals surface area (Å²) >= 11 is 0. The van der Waals surface area contributed by atoms with Crippen LogP contribution in [0.3, 0.4) is 0 Å². The smallest absolute Gasteiger partial charge is 0.410 e. The van der Waals surface area contributed by atoms with Crippen molar-refractivity contribution in [1.29, 1.82) is 0 Å². The van der Waals surface area contributed by atoms with Crippen molar-refractivity contribution >= 4 is 12.4 Å². The minimum absolute atomic E-state index is 0.124. The first-order valence-corrected chi connectivity index (χ1v) is 6.87. The van der Waals surface area contributed by atoms with Gasteiger partial charge >= 0.3 is 6.09 Å². The molecule has 2 heterocycles. The molecule has 102 valence electrons. The van der Waals surface area contributed by atoms with E-state index in [4.69, 9.17) is 4.74 Å². The number of fused-ring (bicyclic) bond motifs is 2. The van der Waals surface area contributed by atoms with Gasteiger partial charge in [0.05, 0.1) is 0 Å². The number of carbonyl (C=O) groups is 2. The lowest BCUT2D eigenvalue weighted by atomic mass is 9.79. The molecule has 0 aliphatic carbocycles. The van der Waals surface area contributed by atoms with Gasteiger partial charge in [-0.05, 0) is 52.9 Å². The fraction of sp³-hybridized carbons (Fsp3) is 0.857. The van der Waals surface area contributed by atoms with Gasteiger partial charge in [-0.2, -0.15) is 0 Å². The molecule has 2 rings (SSSR count). The van der Waals surface area contributed by atoms with E-state index in [-0.39, 0.29) is 24.1 Å². The highest BCUT2D eigenvalue weighted by atomic mass is 16.6. The molecule has 2 bridgehead atoms. The Kier molecular flexibility index (Phi) is 3.64. The van der Waals surface area contributed by atoms with Crippen LogP contribution >= 0.6 is 0 Å². The van der Waals surface area contributed by atoms with E-state index < -0.39 is 5.60 Å². The van der Waals surface area contributed by atoms with E-state index in [0.29, 0.717) is 0 Å². The Labute approximate surface area is 109 Å². The van der Waals surface area contributed by atoms with Crippen LogP contribution in [-0.2, 0) is 9.53 Å². The second-order valence-corrected chi connectivity index (χ2v) is 6.49. The van der Waals surface area contributed by atoms with Gasteiger partial charge in [0.25, 0.3) is 0 Å². The zero-order chi connectivity index (χ0) is 13.3. The first-order valence-electron chi connectivity index (χ1n) is 6.87. The fourth-order valence-corrected chi connectivity index (χ4v) is 3.15. The van der Waals surface area contributed by atoms with E-state index in [0.717, 1.165) is 38.4 Å². The quantitative estimate of drug-likeness (QED) is 0.675. The van der Waals surface area contributed by atoms with Crippen LogP contribution < -0.4 is 0 Å². The summed E-state index contributed by atoms with van der Waals surface area (Å²) in [6, 6.07) is 0.394. The van der Waals surface area contributed by atoms with E-state index in [1.165, 1.54) is 0 Å². The third kappa shape index (κ3) is 2.85. The van der Waals surface area contributed by atoms with Crippen LogP contribution in [0.5, 0.6) is 0 Å². The van der Waals surface area contributed by atoms with Gasteiger partial charge in [-0.3, -0.25) is 0 Å². The predicted molar refractivity (Wildman–Crippen MR) is 68.3 cm³/mol. The minimum Gasteiger partial charge on any atom is -0.444 e. The molecule has 0 saturated carbocycles. The molecule has 2 fully saturated rings. The van der Waals surface area contributed by atoms with Crippen molar-refractivity contribution in [1.82, 2.24) is 4.90 Å². The molecule has 0 spiro atoms. The number of aldehydes is 1. The molecule has 2 atom stereocenters. The fourth-order valence-electron chi connectivity index (χ4n) is 3.15. The third-order valence-electron chi connectivity index (χ3n) is 3.81. The zero-order valence-corrected chi connectivity index (χ0v) is 11.5. The number of piperidine rings is 2. The van der Waals surface area contributed by atoms with E-state index in [1.807, 2.05) is 25.7 Å². The maximum atomic E-state index is 12.2. The molecular weight excluding hydrogens is 230 g/mol. The van der Waals surface area contributed by atoms with Crippen molar-refractivity contribution in [3.63, 3.8) is 0 Å². The van der Waals surface area contributed by atoms with Crippen LogP contribution in [0.25, 0.3) is 0 Å². The van der Waals surface area contributed by atoms with Gasteiger partial charge in [-0.15, -0.1) is 0 Å². The van der Waals surface area contributed by atoms with Crippen LogP contribution in [0.4, 0.5) is 4.79 Å². The normalized spacial score (nSPS) is 31.9. The summed E-state index contributed by atoms with van der Waals surface area (Å²) < 4.78 is 5.48. The minimum atomic E-state index is -0.451. The third-order valence-corrected chi connectivity index (χ3v) is 3.81. The second-order valence-electron chi connectivity index (χ2n) is 6.49. The number of nitrogens with zero attached hydrogens (tertiary/aromatic N) is 1. The molecule has 1 amide bonds. The van der Waals surface area contributed by atoms with E-state index in [9.17, 15) is 9.59 Å². The summed E-state index contributed by atoms with van der Waals surface area (Å²) in [5.41, 5.74) is -0.451. The Hall–Kier alpha value is -1.06. The van der Waals surface area contributed by atoms with Crippen molar-refractivity contribution in [2.24, 2.45) is 5.92 Å². The van der Waals surface area contributed by atoms with Crippen molar-refractivity contribution in [2.45, 2.75) is 70.6 Å². The summed E-state index contributed by atoms with van der Waals surface area (Å²) in [6.07, 6.45) is 5.61. The van der Waals surface area contributed by atoms with Crippen LogP contribution in [0.1, 0.15) is 52.9 Å². The van der Waals surface area contributed by atoms with Crippen LogP contribution in [0, 0.1) is 5.92 Å². The Morgan fingerprint density at radius 1 is 1.22 bits per heavy atom. The molecule has 0 N–H and O–H groups in total. The highest BCUT2D eigenvalue weighted by Gasteiger charge is 2.42. The number of carbonyl (C=O) groups excluding carboxylic acids is 2. The molecule has 0 aromatic rings. The number of ether oxygens (including phenoxy) is 1. The first kappa shape index (κ1) is 13.4. The highest BCUT2D eigenvalue weighted by Crippen LogP contribution is 2.37. The lowest BCUT2D eigenvalue weighted by molar-refractivity contribution is -0.115. The number of hydrogen-bond donors (Lipinski definition) is 0. The van der Waals surface area contributed by atoms with Gasteiger partial charge in [-0.1, -0.05) is 0 Å². The van der Waals surface area contributed by atoms with E-state index in [1.54, 1.807) is 0 Å². The average molecular weight is 253 g/mol. The number of hydrogen-bond acceptors (Lipinski definition) is 3. The summed E-state index contributed by atoms with van der Waals surface area (Å²) in [7, 11) is 0. The topological polar surface area (TPSA) is 46.6 Å². The summed E-state index contributed by atoms with van der Waals surface area (Å²) in [6.45, 7) is 5.66. The van der Waals surface area contributed by atoms with Gasteiger partial charge in [-0.25, -0.2) is 4.79 Å². The summed E-state index contributed by atoms with van der Waals surface area (Å²) in [5.74, 6) is 0.124. The van der Waals surface area contributed by atoms with Gasteiger partial charge < -0.3 is 14.4 Å². The van der Waals surface area contributed by atoms with Crippen LogP contribution in [-0.4, -0.2) is 35.0 Å². The van der Waals surface area contributed by atoms with Gasteiger partial charge in [0, 0.05) is 18.0 Å². The Morgan fingerprint density at radius 3 is 2.22 bits per heavy atom. The monoisotopic (exact) mass is 253 g/mol. The average Bonchev–Trinajstić information content (AvgIpc) is 2.24. The van der Waals surface area contributed by atoms with Crippen LogP contribution in [0.2, 0.25) is 0 Å². The Morgan fingerprint density at radius 2 is 1.78 bits per heavy atom. The van der Waals surface area contributed by atoms with Crippen molar-refractivity contribution in [3.05, 3.63) is 0 Å². The molecule has 4 nitrogen and oxygen atoms in total. The SMILES string of the molecule is CC(C)(C)OC(=O)N1C2CCCC1CC(C=O)C2.